The number of methoxy groups -OCH3 is 1. The third-order valence-corrected chi connectivity index (χ3v) is 11.3. The smallest absolute Gasteiger partial charge is 0.330 e. The molecule has 4 heterocycles. The van der Waals surface area contributed by atoms with Gasteiger partial charge >= 0.3 is 17.9 Å². The lowest BCUT2D eigenvalue weighted by atomic mass is 9.97. The van der Waals surface area contributed by atoms with E-state index in [4.69, 9.17) is 52.5 Å². The molecule has 380 valence electrons. The zero-order valence-corrected chi connectivity index (χ0v) is 36.6. The van der Waals surface area contributed by atoms with Crippen molar-refractivity contribution in [1.82, 2.24) is 0 Å². The summed E-state index contributed by atoms with van der Waals surface area (Å²) in [6, 6.07) is 11.9. The number of aliphatic hydroxyl groups excluding tert-OH is 8. The van der Waals surface area contributed by atoms with Crippen LogP contribution in [0.4, 0.5) is 0 Å². The molecule has 3 aromatic carbocycles. The fourth-order valence-electron chi connectivity index (χ4n) is 7.58. The van der Waals surface area contributed by atoms with Crippen LogP contribution in [0.15, 0.2) is 66.4 Å². The van der Waals surface area contributed by atoms with Gasteiger partial charge in [0.25, 0.3) is 0 Å². The van der Waals surface area contributed by atoms with Crippen LogP contribution in [-0.2, 0) is 47.5 Å². The number of phenols is 3. The minimum absolute atomic E-state index is 0.0656. The lowest BCUT2D eigenvalue weighted by molar-refractivity contribution is -0.352. The maximum atomic E-state index is 12.9. The number of fused-ring (bicyclic) bond motifs is 1. The highest BCUT2D eigenvalue weighted by Gasteiger charge is 2.51. The number of aliphatic carboxylic acids is 1. The molecule has 0 bridgehead atoms. The maximum Gasteiger partial charge on any atom is 0.330 e. The summed E-state index contributed by atoms with van der Waals surface area (Å²) >= 11 is 0. The van der Waals surface area contributed by atoms with Crippen LogP contribution in [0.25, 0.3) is 12.2 Å². The van der Waals surface area contributed by atoms with E-state index in [9.17, 15) is 70.6 Å². The fourth-order valence-corrected chi connectivity index (χ4v) is 7.58. The molecular formula is C45H50O25. The van der Waals surface area contributed by atoms with E-state index in [0.717, 1.165) is 18.2 Å². The van der Waals surface area contributed by atoms with Crippen molar-refractivity contribution in [2.45, 2.75) is 98.5 Å². The zero-order valence-electron chi connectivity index (χ0n) is 36.6. The number of aliphatic hydroxyl groups is 8. The lowest BCUT2D eigenvalue weighted by Crippen LogP contribution is -2.63. The molecule has 0 aliphatic carbocycles. The predicted molar refractivity (Wildman–Crippen MR) is 227 cm³/mol. The van der Waals surface area contributed by atoms with E-state index < -0.39 is 142 Å². The zero-order chi connectivity index (χ0) is 50.6. The summed E-state index contributed by atoms with van der Waals surface area (Å²) in [6.07, 6.45) is -24.3. The molecule has 0 radical (unpaired) electrons. The van der Waals surface area contributed by atoms with Gasteiger partial charge in [0.2, 0.25) is 12.6 Å². The lowest BCUT2D eigenvalue weighted by Gasteiger charge is -2.45. The number of aromatic hydroxyl groups is 3. The van der Waals surface area contributed by atoms with Crippen molar-refractivity contribution in [3.63, 3.8) is 0 Å². The van der Waals surface area contributed by atoms with E-state index in [0.29, 0.717) is 5.56 Å². The summed E-state index contributed by atoms with van der Waals surface area (Å²) < 4.78 is 57.0. The Morgan fingerprint density at radius 1 is 0.700 bits per heavy atom. The number of phenolic OH excluding ortho intramolecular Hbond substituents is 3. The summed E-state index contributed by atoms with van der Waals surface area (Å²) in [5.74, 6) is -4.98. The quantitative estimate of drug-likeness (QED) is 0.0421. The Hall–Kier alpha value is -6.33. The highest BCUT2D eigenvalue weighted by molar-refractivity contribution is 5.90. The van der Waals surface area contributed by atoms with Crippen molar-refractivity contribution >= 4 is 30.1 Å². The molecule has 0 spiro atoms. The first-order chi connectivity index (χ1) is 33.3. The first kappa shape index (κ1) is 51.5. The Labute approximate surface area is 395 Å². The van der Waals surface area contributed by atoms with E-state index in [1.165, 1.54) is 61.7 Å². The van der Waals surface area contributed by atoms with Gasteiger partial charge in [0.1, 0.15) is 109 Å². The Bertz CT molecular complexity index is 2390. The van der Waals surface area contributed by atoms with Crippen molar-refractivity contribution in [3.05, 3.63) is 83.1 Å². The molecule has 4 aliphatic heterocycles. The molecule has 4 aliphatic rings. The van der Waals surface area contributed by atoms with E-state index >= 15 is 0 Å². The van der Waals surface area contributed by atoms with Gasteiger partial charge in [-0.25, -0.2) is 4.79 Å². The molecule has 15 atom stereocenters. The Morgan fingerprint density at radius 3 is 2.07 bits per heavy atom. The van der Waals surface area contributed by atoms with E-state index in [1.807, 2.05) is 0 Å². The average molecular weight is 991 g/mol. The van der Waals surface area contributed by atoms with Gasteiger partial charge in [-0.2, -0.15) is 0 Å². The van der Waals surface area contributed by atoms with Crippen molar-refractivity contribution in [1.29, 1.82) is 0 Å². The van der Waals surface area contributed by atoms with Gasteiger partial charge in [-0.05, 0) is 42.0 Å². The molecule has 0 aromatic heterocycles. The number of carbonyl (C=O) groups is 3. The molecule has 1 unspecified atom stereocenters. The highest BCUT2D eigenvalue weighted by Crippen LogP contribution is 2.46. The third-order valence-electron chi connectivity index (χ3n) is 11.3. The molecule has 3 aromatic rings. The van der Waals surface area contributed by atoms with Gasteiger partial charge in [-0.3, -0.25) is 9.59 Å². The van der Waals surface area contributed by atoms with Crippen molar-refractivity contribution in [2.24, 2.45) is 0 Å². The monoisotopic (exact) mass is 990 g/mol. The summed E-state index contributed by atoms with van der Waals surface area (Å²) in [5, 5.41) is 126. The molecule has 25 heteroatoms. The van der Waals surface area contributed by atoms with Crippen molar-refractivity contribution < 1.29 is 123 Å². The Kier molecular flexibility index (Phi) is 16.3. The number of carboxylic acids is 1. The molecular weight excluding hydrogens is 940 g/mol. The minimum Gasteiger partial charge on any atom is -0.508 e. The molecule has 70 heavy (non-hydrogen) atoms. The summed E-state index contributed by atoms with van der Waals surface area (Å²) in [6.45, 7) is -2.05. The molecule has 3 fully saturated rings. The van der Waals surface area contributed by atoms with Gasteiger partial charge in [0, 0.05) is 23.8 Å². The van der Waals surface area contributed by atoms with E-state index in [-0.39, 0.29) is 45.6 Å². The van der Waals surface area contributed by atoms with Gasteiger partial charge in [0.15, 0.2) is 30.0 Å². The molecule has 0 amide bonds. The normalized spacial score (nSPS) is 31.9. The number of benzene rings is 3. The van der Waals surface area contributed by atoms with Gasteiger partial charge in [-0.1, -0.05) is 18.2 Å². The standard InChI is InChI=1S/C45H50O25/c1-61-27-10-18(2-8-23(27)48)3-9-32(52)62-16-30-36(56)38(58)42(70-43-39(59)34(54)24(49)15-64-43)45(69-30)67-28-13-22-25(65-41(28)19-4-6-20(46)7-5-19)11-21(47)12-26(22)66-44-40(60)37(57)35(55)29(68-44)17-63-33(53)14-31(50)51/h2-13,24,29-30,34-49,54-60H,14-17H2,1H3,(H,50,51)/b9-3+/t24-,29-,30-,34-,35-,36-,37+,38+,39-,40-,41?,42-,43-,44-,45-/m1/s1. The molecule has 0 saturated carbocycles. The van der Waals surface area contributed by atoms with Crippen LogP contribution in [0.2, 0.25) is 0 Å². The Morgan fingerprint density at radius 2 is 1.37 bits per heavy atom. The summed E-state index contributed by atoms with van der Waals surface area (Å²) in [7, 11) is 1.34. The average Bonchev–Trinajstić information content (AvgIpc) is 3.32. The van der Waals surface area contributed by atoms with Crippen molar-refractivity contribution in [3.8, 4) is 34.5 Å². The van der Waals surface area contributed by atoms with Crippen molar-refractivity contribution in [2.75, 3.05) is 26.9 Å². The van der Waals surface area contributed by atoms with Crippen LogP contribution in [0.3, 0.4) is 0 Å². The summed E-state index contributed by atoms with van der Waals surface area (Å²) in [4.78, 5) is 35.8. The van der Waals surface area contributed by atoms with Crippen LogP contribution in [-0.4, -0.2) is 192 Å². The second-order valence-electron chi connectivity index (χ2n) is 16.3. The number of esters is 2. The molecule has 7 rings (SSSR count). The van der Waals surface area contributed by atoms with Crippen LogP contribution < -0.4 is 14.2 Å². The second-order valence-corrected chi connectivity index (χ2v) is 16.3. The predicted octanol–water partition coefficient (Wildman–Crippen LogP) is -1.96. The number of carbonyl (C=O) groups excluding carboxylic acids is 2. The SMILES string of the molecule is COc1cc(/C=C/C(=O)OC[C@H]2O[C@@H](OC3=Cc4c(cc(O)cc4O[C@@H]4O[C@H](COC(=O)CC(=O)O)[C@@H](O)[C@H](O)[C@H]4O)OC3c3ccc(O)cc3)[C@H](O[C@H]3OC[C@@H](O)[C@@H](O)[C@H]3O)[C@@H](O)[C@@H]2O)ccc1O. The van der Waals surface area contributed by atoms with Crippen LogP contribution in [0, 0.1) is 0 Å². The van der Waals surface area contributed by atoms with Crippen LogP contribution in [0.1, 0.15) is 29.2 Å². The Balaban J connectivity index is 1.20. The second kappa shape index (κ2) is 22.2. The number of ether oxygens (including phenoxy) is 10. The van der Waals surface area contributed by atoms with Crippen LogP contribution >= 0.6 is 0 Å². The van der Waals surface area contributed by atoms with E-state index in [2.05, 4.69) is 0 Å². The molecule has 25 nitrogen and oxygen atoms in total. The first-order valence-electron chi connectivity index (χ1n) is 21.3. The highest BCUT2D eigenvalue weighted by atomic mass is 16.8. The van der Waals surface area contributed by atoms with Gasteiger partial charge < -0.3 is 109 Å². The maximum absolute atomic E-state index is 12.9. The van der Waals surface area contributed by atoms with Crippen LogP contribution in [0.5, 0.6) is 34.5 Å². The minimum atomic E-state index is -2.01. The largest absolute Gasteiger partial charge is 0.508 e. The number of hydrogen-bond donors (Lipinski definition) is 12. The van der Waals surface area contributed by atoms with E-state index in [1.54, 1.807) is 0 Å². The third kappa shape index (κ3) is 11.8. The van der Waals surface area contributed by atoms with Gasteiger partial charge in [0.05, 0.1) is 19.3 Å². The number of hydrogen-bond acceptors (Lipinski definition) is 24. The molecule has 12 N–H and O–H groups in total. The first-order valence-corrected chi connectivity index (χ1v) is 21.3. The van der Waals surface area contributed by atoms with Gasteiger partial charge in [-0.15, -0.1) is 0 Å². The number of rotatable bonds is 16. The number of carboxylic acid groups (broad SMARTS) is 1. The summed E-state index contributed by atoms with van der Waals surface area (Å²) in [5.41, 5.74) is 0.652. The fraction of sp³-hybridized carbons (Fsp3) is 0.444. The topological polar surface area (TPSA) is 386 Å². The molecule has 3 saturated heterocycles.